The predicted octanol–water partition coefficient (Wildman–Crippen LogP) is 2.18. The van der Waals surface area contributed by atoms with Crippen LogP contribution < -0.4 is 10.4 Å². The van der Waals surface area contributed by atoms with E-state index in [1.54, 1.807) is 0 Å². The van der Waals surface area contributed by atoms with Crippen LogP contribution in [0.1, 0.15) is 0 Å². The summed E-state index contributed by atoms with van der Waals surface area (Å²) in [4.78, 5) is 0. The maximum atomic E-state index is 6.17. The number of fused-ring (bicyclic) bond motifs is 1. The number of hydrogen-bond acceptors (Lipinski definition) is 0. The summed E-state index contributed by atoms with van der Waals surface area (Å²) in [5.74, 6) is 0. The first-order chi connectivity index (χ1) is 6.07. The SMILES string of the molecule is C[Si](Cl)(Cl)C1C=c2ccccc2=C1. The molecule has 0 bridgehead atoms. The minimum absolute atomic E-state index is 0.258. The Bertz CT molecular complexity index is 396. The van der Waals surface area contributed by atoms with E-state index in [-0.39, 0.29) is 5.54 Å². The molecule has 0 saturated carbocycles. The predicted molar refractivity (Wildman–Crippen MR) is 61.7 cm³/mol. The smallest absolute Gasteiger partial charge is 0.145 e. The van der Waals surface area contributed by atoms with E-state index in [1.165, 1.54) is 10.4 Å². The molecule has 2 rings (SSSR count). The number of benzene rings is 1. The van der Waals surface area contributed by atoms with Gasteiger partial charge in [-0.15, -0.1) is 22.2 Å². The molecule has 0 N–H and O–H groups in total. The normalized spacial score (nSPS) is 16.2. The highest BCUT2D eigenvalue weighted by atomic mass is 35.7. The number of hydrogen-bond donors (Lipinski definition) is 0. The van der Waals surface area contributed by atoms with Gasteiger partial charge in [-0.25, -0.2) is 0 Å². The summed E-state index contributed by atoms with van der Waals surface area (Å²) < 4.78 is 0. The van der Waals surface area contributed by atoms with Crippen molar-refractivity contribution >= 4 is 41.0 Å². The Hall–Kier alpha value is -0.243. The zero-order valence-electron chi connectivity index (χ0n) is 7.30. The lowest BCUT2D eigenvalue weighted by atomic mass is 10.3. The van der Waals surface area contributed by atoms with Crippen LogP contribution in [-0.2, 0) is 0 Å². The molecule has 1 aliphatic carbocycles. The van der Waals surface area contributed by atoms with E-state index in [4.69, 9.17) is 22.2 Å². The lowest BCUT2D eigenvalue weighted by Crippen LogP contribution is -2.19. The minimum atomic E-state index is -2.09. The summed E-state index contributed by atoms with van der Waals surface area (Å²) in [6.07, 6.45) is 4.34. The molecule has 1 aliphatic rings. The van der Waals surface area contributed by atoms with Crippen LogP contribution in [0.25, 0.3) is 12.2 Å². The molecule has 1 aromatic rings. The summed E-state index contributed by atoms with van der Waals surface area (Å²) in [5, 5.41) is 2.51. The monoisotopic (exact) mass is 228 g/mol. The third kappa shape index (κ3) is 1.83. The van der Waals surface area contributed by atoms with Crippen LogP contribution in [0.3, 0.4) is 0 Å². The van der Waals surface area contributed by atoms with E-state index < -0.39 is 6.69 Å². The first-order valence-corrected chi connectivity index (χ1v) is 8.84. The Balaban J connectivity index is 2.53. The highest BCUT2D eigenvalue weighted by molar-refractivity contribution is 7.46. The summed E-state index contributed by atoms with van der Waals surface area (Å²) in [6, 6.07) is 8.26. The van der Waals surface area contributed by atoms with Crippen molar-refractivity contribution in [1.29, 1.82) is 0 Å². The van der Waals surface area contributed by atoms with Gasteiger partial charge in [0.15, 0.2) is 0 Å². The van der Waals surface area contributed by atoms with E-state index in [1.807, 2.05) is 18.7 Å². The summed E-state index contributed by atoms with van der Waals surface area (Å²) in [7, 11) is 0. The van der Waals surface area contributed by atoms with Gasteiger partial charge in [-0.3, -0.25) is 0 Å². The van der Waals surface area contributed by atoms with Crippen LogP contribution in [0.15, 0.2) is 24.3 Å². The zero-order valence-corrected chi connectivity index (χ0v) is 9.81. The quantitative estimate of drug-likeness (QED) is 0.511. The van der Waals surface area contributed by atoms with Gasteiger partial charge in [0.2, 0.25) is 0 Å². The Morgan fingerprint density at radius 2 is 1.54 bits per heavy atom. The fourth-order valence-electron chi connectivity index (χ4n) is 1.54. The number of halogens is 2. The largest absolute Gasteiger partial charge is 0.258 e. The summed E-state index contributed by atoms with van der Waals surface area (Å²) in [5.41, 5.74) is 0.258. The fraction of sp³-hybridized carbons (Fsp3) is 0.200. The van der Waals surface area contributed by atoms with E-state index >= 15 is 0 Å². The van der Waals surface area contributed by atoms with Crippen LogP contribution >= 0.6 is 22.2 Å². The van der Waals surface area contributed by atoms with Crippen molar-refractivity contribution in [3.05, 3.63) is 34.7 Å². The van der Waals surface area contributed by atoms with E-state index in [0.717, 1.165) is 0 Å². The van der Waals surface area contributed by atoms with Crippen LogP contribution in [0, 0.1) is 0 Å². The Morgan fingerprint density at radius 3 is 1.92 bits per heavy atom. The molecule has 1 aromatic carbocycles. The van der Waals surface area contributed by atoms with Gasteiger partial charge in [-0.05, 0) is 17.0 Å². The number of rotatable bonds is 1. The summed E-state index contributed by atoms with van der Waals surface area (Å²) >= 11 is 12.3. The molecule has 0 atom stereocenters. The molecule has 0 spiro atoms. The third-order valence-corrected chi connectivity index (χ3v) is 5.32. The molecule has 0 aliphatic heterocycles. The molecule has 0 saturated heterocycles. The lowest BCUT2D eigenvalue weighted by molar-refractivity contribution is 1.55. The van der Waals surface area contributed by atoms with Crippen molar-refractivity contribution in [3.63, 3.8) is 0 Å². The minimum Gasteiger partial charge on any atom is -0.145 e. The van der Waals surface area contributed by atoms with Gasteiger partial charge < -0.3 is 0 Å². The van der Waals surface area contributed by atoms with Crippen molar-refractivity contribution in [3.8, 4) is 0 Å². The van der Waals surface area contributed by atoms with Gasteiger partial charge in [0.25, 0.3) is 6.69 Å². The van der Waals surface area contributed by atoms with Crippen LogP contribution in [0.4, 0.5) is 0 Å². The molecular formula is C10H10Cl2Si. The van der Waals surface area contributed by atoms with E-state index in [9.17, 15) is 0 Å². The van der Waals surface area contributed by atoms with Gasteiger partial charge in [0.05, 0.1) is 0 Å². The second-order valence-corrected chi connectivity index (χ2v) is 11.3. The average molecular weight is 229 g/mol. The standard InChI is InChI=1S/C10H10Cl2Si/c1-13(11,12)10-6-8-4-2-3-5-9(8)7-10/h2-7,10H,1H3. The average Bonchev–Trinajstić information content (AvgIpc) is 2.45. The first kappa shape index (κ1) is 9.32. The van der Waals surface area contributed by atoms with Crippen molar-refractivity contribution in [2.45, 2.75) is 12.1 Å². The molecule has 13 heavy (non-hydrogen) atoms. The molecule has 0 radical (unpaired) electrons. The van der Waals surface area contributed by atoms with Gasteiger partial charge >= 0.3 is 0 Å². The van der Waals surface area contributed by atoms with Crippen molar-refractivity contribution < 1.29 is 0 Å². The lowest BCUT2D eigenvalue weighted by Gasteiger charge is -2.14. The van der Waals surface area contributed by atoms with Crippen molar-refractivity contribution in [2.75, 3.05) is 0 Å². The van der Waals surface area contributed by atoms with Gasteiger partial charge in [0.1, 0.15) is 0 Å². The molecule has 0 aromatic heterocycles. The molecule has 68 valence electrons. The van der Waals surface area contributed by atoms with Crippen LogP contribution in [-0.4, -0.2) is 6.69 Å². The van der Waals surface area contributed by atoms with Crippen molar-refractivity contribution in [1.82, 2.24) is 0 Å². The van der Waals surface area contributed by atoms with E-state index in [2.05, 4.69) is 24.3 Å². The molecule has 3 heteroatoms. The van der Waals surface area contributed by atoms with Crippen LogP contribution in [0.2, 0.25) is 12.1 Å². The molecule has 0 unspecified atom stereocenters. The van der Waals surface area contributed by atoms with Gasteiger partial charge in [-0.1, -0.05) is 36.4 Å². The fourth-order valence-corrected chi connectivity index (χ4v) is 3.24. The Morgan fingerprint density at radius 1 is 1.08 bits per heavy atom. The molecule has 0 nitrogen and oxygen atoms in total. The van der Waals surface area contributed by atoms with Crippen LogP contribution in [0.5, 0.6) is 0 Å². The second kappa shape index (κ2) is 3.16. The topological polar surface area (TPSA) is 0 Å². The molecule has 0 fully saturated rings. The van der Waals surface area contributed by atoms with E-state index in [0.29, 0.717) is 0 Å². The maximum absolute atomic E-state index is 6.17. The summed E-state index contributed by atoms with van der Waals surface area (Å²) in [6.45, 7) is -0.131. The van der Waals surface area contributed by atoms with Gasteiger partial charge in [0, 0.05) is 5.54 Å². The highest BCUT2D eigenvalue weighted by Crippen LogP contribution is 2.33. The first-order valence-electron chi connectivity index (χ1n) is 4.24. The molecule has 0 heterocycles. The highest BCUT2D eigenvalue weighted by Gasteiger charge is 2.31. The third-order valence-electron chi connectivity index (χ3n) is 2.30. The second-order valence-electron chi connectivity index (χ2n) is 3.44. The molecular weight excluding hydrogens is 219 g/mol. The Kier molecular flexibility index (Phi) is 2.26. The molecule has 0 amide bonds. The van der Waals surface area contributed by atoms with Gasteiger partial charge in [-0.2, -0.15) is 0 Å². The maximum Gasteiger partial charge on any atom is 0.258 e. The zero-order chi connectivity index (χ0) is 9.47. The van der Waals surface area contributed by atoms with Crippen molar-refractivity contribution in [2.24, 2.45) is 0 Å². The Labute approximate surface area is 87.9 Å².